The van der Waals surface area contributed by atoms with E-state index in [0.717, 1.165) is 19.3 Å². The molecular weight excluding hydrogens is 446 g/mol. The maximum Gasteiger partial charge on any atom is 0.0453 e. The average Bonchev–Trinajstić information content (AvgIpc) is 2.98. The summed E-state index contributed by atoms with van der Waals surface area (Å²) in [6, 6.07) is 0. The fourth-order valence-corrected chi connectivity index (χ4v) is 7.23. The van der Waals surface area contributed by atoms with Crippen LogP contribution in [0, 0.1) is 23.7 Å². The first-order chi connectivity index (χ1) is 18.3. The van der Waals surface area contributed by atoms with Gasteiger partial charge in [-0.15, -0.1) is 0 Å². The van der Waals surface area contributed by atoms with E-state index in [1.165, 1.54) is 65.9 Å². The van der Waals surface area contributed by atoms with Gasteiger partial charge in [-0.3, -0.25) is 0 Å². The summed E-state index contributed by atoms with van der Waals surface area (Å²) in [6.45, 7) is 0. The van der Waals surface area contributed by atoms with Crippen molar-refractivity contribution in [3.63, 3.8) is 0 Å². The van der Waals surface area contributed by atoms with E-state index in [2.05, 4.69) is 108 Å². The fraction of sp³-hybridized carbons (Fsp3) is 0.333. The van der Waals surface area contributed by atoms with Gasteiger partial charge in [0.1, 0.15) is 0 Å². The molecule has 7 aliphatic carbocycles. The normalized spacial score (nSPS) is 31.5. The molecule has 1 nitrogen and oxygen atoms in total. The lowest BCUT2D eigenvalue weighted by Gasteiger charge is -2.41. The van der Waals surface area contributed by atoms with Crippen LogP contribution in [0.3, 0.4) is 0 Å². The van der Waals surface area contributed by atoms with Crippen molar-refractivity contribution in [2.45, 2.75) is 51.4 Å². The summed E-state index contributed by atoms with van der Waals surface area (Å²) >= 11 is 0. The average molecular weight is 484 g/mol. The summed E-state index contributed by atoms with van der Waals surface area (Å²) in [5.74, 6) is 2.33. The van der Waals surface area contributed by atoms with E-state index in [1.54, 1.807) is 5.57 Å². The Hall–Kier alpha value is -3.32. The molecule has 4 unspecified atom stereocenters. The van der Waals surface area contributed by atoms with Crippen LogP contribution in [0.2, 0.25) is 0 Å². The third-order valence-corrected chi connectivity index (χ3v) is 9.23. The Morgan fingerprint density at radius 1 is 0.676 bits per heavy atom. The Labute approximate surface area is 222 Å². The summed E-state index contributed by atoms with van der Waals surface area (Å²) in [6.07, 6.45) is 49.8. The molecule has 7 aliphatic rings. The van der Waals surface area contributed by atoms with Crippen LogP contribution in [0.15, 0.2) is 143 Å². The molecule has 0 radical (unpaired) electrons. The third kappa shape index (κ3) is 4.29. The quantitative estimate of drug-likeness (QED) is 0.385. The van der Waals surface area contributed by atoms with Gasteiger partial charge < -0.3 is 4.90 Å². The van der Waals surface area contributed by atoms with Gasteiger partial charge in [0.2, 0.25) is 0 Å². The Morgan fingerprint density at radius 3 is 2.49 bits per heavy atom. The van der Waals surface area contributed by atoms with Crippen molar-refractivity contribution >= 4 is 0 Å². The number of allylic oxidation sites excluding steroid dienone is 22. The van der Waals surface area contributed by atoms with Crippen LogP contribution in [-0.4, -0.2) is 4.90 Å². The van der Waals surface area contributed by atoms with Gasteiger partial charge in [0, 0.05) is 23.0 Å². The molecule has 0 aromatic carbocycles. The van der Waals surface area contributed by atoms with Crippen molar-refractivity contribution in [1.29, 1.82) is 0 Å². The van der Waals surface area contributed by atoms with Crippen LogP contribution in [0.1, 0.15) is 51.4 Å². The van der Waals surface area contributed by atoms with Crippen LogP contribution in [0.5, 0.6) is 0 Å². The van der Waals surface area contributed by atoms with Gasteiger partial charge in [-0.25, -0.2) is 0 Å². The molecule has 0 aromatic heterocycles. The second-order valence-corrected chi connectivity index (χ2v) is 11.4. The number of fused-ring (bicyclic) bond motifs is 4. The highest BCUT2D eigenvalue weighted by molar-refractivity contribution is 5.57. The van der Waals surface area contributed by atoms with E-state index in [9.17, 15) is 0 Å². The van der Waals surface area contributed by atoms with Crippen LogP contribution in [0.4, 0.5) is 0 Å². The number of hydrogen-bond acceptors (Lipinski definition) is 1. The third-order valence-electron chi connectivity index (χ3n) is 9.23. The lowest BCUT2D eigenvalue weighted by Crippen LogP contribution is -2.31. The largest absolute Gasteiger partial charge is 0.315 e. The molecule has 37 heavy (non-hydrogen) atoms. The maximum absolute atomic E-state index is 2.64. The van der Waals surface area contributed by atoms with Crippen molar-refractivity contribution in [3.05, 3.63) is 143 Å². The molecule has 1 heteroatoms. The van der Waals surface area contributed by atoms with E-state index in [0.29, 0.717) is 23.7 Å². The molecule has 0 amide bonds. The SMILES string of the molecule is C1=CCC2CCC=C(N(C3=CCC(C4C=CC=CC4)C=C3)C3=CC=C4C=CC5=CCCC=C5C4C3)C2=C1. The van der Waals surface area contributed by atoms with E-state index < -0.39 is 0 Å². The van der Waals surface area contributed by atoms with Gasteiger partial charge in [0.15, 0.2) is 0 Å². The molecule has 0 aliphatic heterocycles. The summed E-state index contributed by atoms with van der Waals surface area (Å²) in [7, 11) is 0. The van der Waals surface area contributed by atoms with Crippen LogP contribution in [0.25, 0.3) is 0 Å². The second-order valence-electron chi connectivity index (χ2n) is 11.4. The van der Waals surface area contributed by atoms with E-state index in [4.69, 9.17) is 0 Å². The maximum atomic E-state index is 2.64. The van der Waals surface area contributed by atoms with Crippen molar-refractivity contribution < 1.29 is 0 Å². The number of nitrogens with zero attached hydrogens (tertiary/aromatic N) is 1. The first kappa shape index (κ1) is 22.8. The molecule has 0 spiro atoms. The first-order valence-corrected chi connectivity index (χ1v) is 14.4. The zero-order chi connectivity index (χ0) is 24.6. The fourth-order valence-electron chi connectivity index (χ4n) is 7.23. The van der Waals surface area contributed by atoms with Gasteiger partial charge >= 0.3 is 0 Å². The molecule has 0 saturated carbocycles. The predicted octanol–water partition coefficient (Wildman–Crippen LogP) is 9.11. The number of rotatable bonds is 4. The standard InChI is InChI=1S/C36H37N/c1-2-9-26(10-3-1)27-19-22-31(23-20-27)37(36-16-8-13-28-11-5-7-15-34(28)36)32-24-21-30-18-17-29-12-4-6-14-33(29)35(30)25-32/h1-3,5,7,9,12,14-19,21-24,26-28,35H,4,6,8,10-11,13,20,25H2. The monoisotopic (exact) mass is 483 g/mol. The van der Waals surface area contributed by atoms with Gasteiger partial charge in [-0.05, 0) is 104 Å². The Kier molecular flexibility index (Phi) is 6.09. The van der Waals surface area contributed by atoms with Crippen molar-refractivity contribution in [2.24, 2.45) is 23.7 Å². The summed E-state index contributed by atoms with van der Waals surface area (Å²) in [5.41, 5.74) is 10.2. The Morgan fingerprint density at radius 2 is 1.59 bits per heavy atom. The molecule has 0 fully saturated rings. The van der Waals surface area contributed by atoms with E-state index in [1.807, 2.05) is 0 Å². The van der Waals surface area contributed by atoms with Crippen molar-refractivity contribution in [3.8, 4) is 0 Å². The Bertz CT molecular complexity index is 1340. The predicted molar refractivity (Wildman–Crippen MR) is 155 cm³/mol. The highest BCUT2D eigenvalue weighted by Gasteiger charge is 2.34. The minimum Gasteiger partial charge on any atom is -0.315 e. The molecule has 0 heterocycles. The zero-order valence-corrected chi connectivity index (χ0v) is 21.7. The van der Waals surface area contributed by atoms with E-state index in [-0.39, 0.29) is 0 Å². The molecule has 0 aromatic rings. The van der Waals surface area contributed by atoms with Gasteiger partial charge in [0.05, 0.1) is 0 Å². The molecule has 0 N–H and O–H groups in total. The highest BCUT2D eigenvalue weighted by Crippen LogP contribution is 2.46. The topological polar surface area (TPSA) is 3.24 Å². The van der Waals surface area contributed by atoms with Gasteiger partial charge in [-0.2, -0.15) is 0 Å². The molecule has 0 bridgehead atoms. The minimum atomic E-state index is 0.472. The molecule has 186 valence electrons. The van der Waals surface area contributed by atoms with E-state index >= 15 is 0 Å². The van der Waals surface area contributed by atoms with Crippen LogP contribution < -0.4 is 0 Å². The molecule has 0 saturated heterocycles. The van der Waals surface area contributed by atoms with Crippen molar-refractivity contribution in [2.75, 3.05) is 0 Å². The van der Waals surface area contributed by atoms with Crippen molar-refractivity contribution in [1.82, 2.24) is 4.90 Å². The van der Waals surface area contributed by atoms with Crippen LogP contribution in [-0.2, 0) is 0 Å². The van der Waals surface area contributed by atoms with Crippen LogP contribution >= 0.6 is 0 Å². The summed E-state index contributed by atoms with van der Waals surface area (Å²) in [5, 5.41) is 0. The smallest absolute Gasteiger partial charge is 0.0453 e. The Balaban J connectivity index is 1.25. The molecular formula is C36H37N. The van der Waals surface area contributed by atoms with Gasteiger partial charge in [-0.1, -0.05) is 91.1 Å². The highest BCUT2D eigenvalue weighted by atomic mass is 15.2. The second kappa shape index (κ2) is 9.86. The number of hydrogen-bond donors (Lipinski definition) is 0. The van der Waals surface area contributed by atoms with Gasteiger partial charge in [0.25, 0.3) is 0 Å². The zero-order valence-electron chi connectivity index (χ0n) is 21.7. The summed E-state index contributed by atoms with van der Waals surface area (Å²) < 4.78 is 0. The summed E-state index contributed by atoms with van der Waals surface area (Å²) in [4.78, 5) is 2.64. The minimum absolute atomic E-state index is 0.472. The first-order valence-electron chi connectivity index (χ1n) is 14.4. The molecule has 4 atom stereocenters. The lowest BCUT2D eigenvalue weighted by molar-refractivity contribution is 0.431. The lowest BCUT2D eigenvalue weighted by atomic mass is 9.74. The molecule has 7 rings (SSSR count).